The quantitative estimate of drug-likeness (QED) is 0.391. The van der Waals surface area contributed by atoms with Crippen LogP contribution in [0.5, 0.6) is 0 Å². The third kappa shape index (κ3) is 4.03. The van der Waals surface area contributed by atoms with Crippen LogP contribution in [0.3, 0.4) is 0 Å². The van der Waals surface area contributed by atoms with E-state index in [0.717, 1.165) is 48.9 Å². The number of fused-ring (bicyclic) bond motifs is 1. The minimum Gasteiger partial charge on any atom is -0.451 e. The van der Waals surface area contributed by atoms with Crippen molar-refractivity contribution in [1.82, 2.24) is 4.90 Å². The van der Waals surface area contributed by atoms with E-state index in [0.29, 0.717) is 11.8 Å². The van der Waals surface area contributed by atoms with Crippen LogP contribution < -0.4 is 0 Å². The van der Waals surface area contributed by atoms with Crippen molar-refractivity contribution < 1.29 is 14.0 Å². The number of piperidine rings is 3. The van der Waals surface area contributed by atoms with Crippen molar-refractivity contribution in [3.63, 3.8) is 0 Å². The first-order chi connectivity index (χ1) is 17.1. The van der Waals surface area contributed by atoms with Gasteiger partial charge in [0, 0.05) is 18.8 Å². The second-order valence-electron chi connectivity index (χ2n) is 11.9. The van der Waals surface area contributed by atoms with Crippen LogP contribution in [0.4, 0.5) is 0 Å². The van der Waals surface area contributed by atoms with Gasteiger partial charge in [-0.15, -0.1) is 0 Å². The van der Waals surface area contributed by atoms with E-state index in [1.165, 1.54) is 50.9 Å². The maximum atomic E-state index is 14.2. The van der Waals surface area contributed by atoms with Crippen LogP contribution in [-0.4, -0.2) is 60.2 Å². The van der Waals surface area contributed by atoms with Crippen molar-refractivity contribution in [3.05, 3.63) is 71.8 Å². The number of nitrogens with zero attached hydrogens (tertiary/aromatic N) is 2. The van der Waals surface area contributed by atoms with Gasteiger partial charge in [0.05, 0.1) is 25.6 Å². The molecule has 0 amide bonds. The zero-order chi connectivity index (χ0) is 23.9. The Morgan fingerprint density at radius 2 is 1.69 bits per heavy atom. The minimum absolute atomic E-state index is 0.00992. The lowest BCUT2D eigenvalue weighted by atomic mass is 9.89. The first-order valence-electron chi connectivity index (χ1n) is 14.0. The molecule has 4 bridgehead atoms. The third-order valence-electron chi connectivity index (χ3n) is 9.91. The van der Waals surface area contributed by atoms with Crippen LogP contribution in [-0.2, 0) is 21.5 Å². The highest BCUT2D eigenvalue weighted by Crippen LogP contribution is 2.66. The highest BCUT2D eigenvalue weighted by Gasteiger charge is 2.81. The van der Waals surface area contributed by atoms with E-state index in [4.69, 9.17) is 4.74 Å². The van der Waals surface area contributed by atoms with Gasteiger partial charge >= 0.3 is 5.97 Å². The number of ether oxygens (including phenoxy) is 1. The van der Waals surface area contributed by atoms with Crippen molar-refractivity contribution in [3.8, 4) is 0 Å². The second-order valence-corrected chi connectivity index (χ2v) is 11.9. The maximum absolute atomic E-state index is 14.2. The fraction of sp³-hybridized carbons (Fsp3) is 0.581. The van der Waals surface area contributed by atoms with Crippen LogP contribution >= 0.6 is 0 Å². The summed E-state index contributed by atoms with van der Waals surface area (Å²) in [5, 5.41) is 0. The van der Waals surface area contributed by atoms with Gasteiger partial charge in [0.15, 0.2) is 5.60 Å². The molecular formula is C31H41N2O2+. The molecular weight excluding hydrogens is 432 g/mol. The molecule has 0 aromatic heterocycles. The molecule has 4 nitrogen and oxygen atoms in total. The van der Waals surface area contributed by atoms with E-state index in [2.05, 4.69) is 66.4 Å². The standard InChI is InChI=1S/C31H41N2O2/c1-30(26-16-8-5-9-17-26,32-19-10-2-3-11-20-32)29(34)35-31-24-33(22-18-27(31)28(31)23-33)21-12-15-25-13-6-4-7-14-25/h4-9,13-14,16-17,27-28H,2-3,10-12,15,18-24H2,1H3/q+1/t27?,28?,30?,31-,33?/m1/s1. The average Bonchev–Trinajstić information content (AvgIpc) is 3.51. The Hall–Kier alpha value is -2.17. The molecule has 4 aliphatic heterocycles. The van der Waals surface area contributed by atoms with Gasteiger partial charge in [-0.05, 0) is 50.4 Å². The van der Waals surface area contributed by atoms with E-state index in [1.807, 2.05) is 6.07 Å². The van der Waals surface area contributed by atoms with E-state index in [1.54, 1.807) is 0 Å². The summed E-state index contributed by atoms with van der Waals surface area (Å²) in [5.74, 6) is 1.15. The molecule has 5 fully saturated rings. The number of likely N-dealkylation sites (tertiary alicyclic amines) is 1. The van der Waals surface area contributed by atoms with Crippen molar-refractivity contribution in [2.45, 2.75) is 63.0 Å². The molecule has 186 valence electrons. The van der Waals surface area contributed by atoms with E-state index >= 15 is 0 Å². The number of hydrogen-bond donors (Lipinski definition) is 0. The fourth-order valence-corrected chi connectivity index (χ4v) is 7.84. The molecule has 0 spiro atoms. The zero-order valence-corrected chi connectivity index (χ0v) is 21.3. The summed E-state index contributed by atoms with van der Waals surface area (Å²) in [7, 11) is 0. The Kier molecular flexibility index (Phi) is 6.01. The molecule has 2 aromatic rings. The van der Waals surface area contributed by atoms with Gasteiger partial charge in [0.1, 0.15) is 12.1 Å². The molecule has 4 heteroatoms. The predicted molar refractivity (Wildman–Crippen MR) is 139 cm³/mol. The average molecular weight is 474 g/mol. The molecule has 5 atom stereocenters. The van der Waals surface area contributed by atoms with Crippen molar-refractivity contribution >= 4 is 5.97 Å². The van der Waals surface area contributed by atoms with E-state index in [9.17, 15) is 4.79 Å². The Morgan fingerprint density at radius 1 is 1.00 bits per heavy atom. The molecule has 0 radical (unpaired) electrons. The highest BCUT2D eigenvalue weighted by molar-refractivity contribution is 5.83. The van der Waals surface area contributed by atoms with E-state index in [-0.39, 0.29) is 11.6 Å². The molecule has 4 heterocycles. The molecule has 7 rings (SSSR count). The van der Waals surface area contributed by atoms with Crippen LogP contribution in [0.2, 0.25) is 0 Å². The van der Waals surface area contributed by atoms with Crippen LogP contribution in [0.1, 0.15) is 56.6 Å². The van der Waals surface area contributed by atoms with Crippen LogP contribution in [0.15, 0.2) is 60.7 Å². The zero-order valence-electron chi connectivity index (χ0n) is 21.3. The monoisotopic (exact) mass is 473 g/mol. The summed E-state index contributed by atoms with van der Waals surface area (Å²) >= 11 is 0. The lowest BCUT2D eigenvalue weighted by Crippen LogP contribution is -2.57. The van der Waals surface area contributed by atoms with Gasteiger partial charge in [0.25, 0.3) is 0 Å². The molecule has 5 aliphatic rings. The number of carbonyl (C=O) groups is 1. The first kappa shape index (κ1) is 23.2. The minimum atomic E-state index is -0.706. The van der Waals surface area contributed by atoms with Crippen LogP contribution in [0, 0.1) is 11.8 Å². The number of rotatable bonds is 8. The SMILES string of the molecule is CC(C(=O)O[C@]12C[N+]3(CCCc4ccccc4)CCC1C2C3)(c1ccccc1)N1CCCCCC1. The molecule has 1 aliphatic carbocycles. The first-order valence-corrected chi connectivity index (χ1v) is 14.0. The highest BCUT2D eigenvalue weighted by atomic mass is 16.6. The summed E-state index contributed by atoms with van der Waals surface area (Å²) in [6.07, 6.45) is 8.40. The van der Waals surface area contributed by atoms with Crippen molar-refractivity contribution in [2.75, 3.05) is 39.3 Å². The van der Waals surface area contributed by atoms with Crippen molar-refractivity contribution in [1.29, 1.82) is 0 Å². The topological polar surface area (TPSA) is 29.5 Å². The van der Waals surface area contributed by atoms with E-state index < -0.39 is 5.54 Å². The molecule has 1 saturated carbocycles. The largest absolute Gasteiger partial charge is 0.451 e. The lowest BCUT2D eigenvalue weighted by Gasteiger charge is -2.43. The predicted octanol–water partition coefficient (Wildman–Crippen LogP) is 5.17. The maximum Gasteiger partial charge on any atom is 0.331 e. The number of benzene rings is 2. The van der Waals surface area contributed by atoms with Crippen molar-refractivity contribution in [2.24, 2.45) is 11.8 Å². The number of quaternary nitrogens is 1. The van der Waals surface area contributed by atoms with Gasteiger partial charge in [-0.2, -0.15) is 0 Å². The molecule has 4 unspecified atom stereocenters. The Balaban J connectivity index is 1.18. The number of aryl methyl sites for hydroxylation is 1. The molecule has 2 aromatic carbocycles. The van der Waals surface area contributed by atoms with Crippen LogP contribution in [0.25, 0.3) is 0 Å². The molecule has 4 saturated heterocycles. The fourth-order valence-electron chi connectivity index (χ4n) is 7.84. The van der Waals surface area contributed by atoms with Gasteiger partial charge in [-0.3, -0.25) is 4.90 Å². The Bertz CT molecular complexity index is 1030. The number of hydrogen-bond acceptors (Lipinski definition) is 3. The molecule has 35 heavy (non-hydrogen) atoms. The Morgan fingerprint density at radius 3 is 2.40 bits per heavy atom. The van der Waals surface area contributed by atoms with Gasteiger partial charge in [0.2, 0.25) is 0 Å². The third-order valence-corrected chi connectivity index (χ3v) is 9.91. The smallest absolute Gasteiger partial charge is 0.331 e. The lowest BCUT2D eigenvalue weighted by molar-refractivity contribution is -0.930. The molecule has 0 N–H and O–H groups in total. The van der Waals surface area contributed by atoms with Gasteiger partial charge < -0.3 is 9.22 Å². The summed E-state index contributed by atoms with van der Waals surface area (Å²) in [4.78, 5) is 16.6. The summed E-state index contributed by atoms with van der Waals surface area (Å²) in [5.41, 5.74) is 1.60. The Labute approximate surface area is 210 Å². The summed E-state index contributed by atoms with van der Waals surface area (Å²) in [6.45, 7) is 8.78. The summed E-state index contributed by atoms with van der Waals surface area (Å²) in [6, 6.07) is 21.3. The number of esters is 1. The number of carbonyl (C=O) groups excluding carboxylic acids is 1. The van der Waals surface area contributed by atoms with Gasteiger partial charge in [-0.25, -0.2) is 4.79 Å². The van der Waals surface area contributed by atoms with Gasteiger partial charge in [-0.1, -0.05) is 73.5 Å². The second kappa shape index (κ2) is 9.05. The summed E-state index contributed by atoms with van der Waals surface area (Å²) < 4.78 is 7.87. The normalized spacial score (nSPS) is 33.5.